The van der Waals surface area contributed by atoms with Crippen LogP contribution in [-0.4, -0.2) is 31.2 Å². The van der Waals surface area contributed by atoms with Crippen molar-refractivity contribution in [1.29, 1.82) is 0 Å². The molecule has 32 heavy (non-hydrogen) atoms. The molecule has 4 N–H and O–H groups in total. The van der Waals surface area contributed by atoms with Gasteiger partial charge in [-0.1, -0.05) is 26.8 Å². The molecule has 0 aliphatic rings. The van der Waals surface area contributed by atoms with E-state index in [4.69, 9.17) is 4.98 Å². The Morgan fingerprint density at radius 1 is 0.969 bits per heavy atom. The molecule has 0 saturated heterocycles. The lowest BCUT2D eigenvalue weighted by Crippen LogP contribution is -2.11. The van der Waals surface area contributed by atoms with Gasteiger partial charge < -0.3 is 15.4 Å². The molecule has 5 aromatic rings. The molecule has 160 valence electrons. The van der Waals surface area contributed by atoms with Gasteiger partial charge >= 0.3 is 0 Å². The number of amides is 1. The summed E-state index contributed by atoms with van der Waals surface area (Å²) in [5, 5.41) is 20.5. The van der Waals surface area contributed by atoms with Crippen molar-refractivity contribution in [2.24, 2.45) is 0 Å². The number of hydrogen-bond donors (Lipinski definition) is 4. The van der Waals surface area contributed by atoms with Crippen LogP contribution in [0.15, 0.2) is 60.7 Å². The van der Waals surface area contributed by atoms with Crippen molar-refractivity contribution >= 4 is 33.5 Å². The molecular formula is C25H23N5O2. The number of imidazole rings is 1. The summed E-state index contributed by atoms with van der Waals surface area (Å²) in [5.74, 6) is 0.584. The molecule has 7 nitrogen and oxygen atoms in total. The van der Waals surface area contributed by atoms with Crippen molar-refractivity contribution in [3.63, 3.8) is 0 Å². The lowest BCUT2D eigenvalue weighted by atomic mass is 9.87. The van der Waals surface area contributed by atoms with Crippen LogP contribution in [0.3, 0.4) is 0 Å². The molecule has 0 aliphatic heterocycles. The van der Waals surface area contributed by atoms with E-state index in [2.05, 4.69) is 53.4 Å². The monoisotopic (exact) mass is 425 g/mol. The highest BCUT2D eigenvalue weighted by Crippen LogP contribution is 2.29. The number of aromatic amines is 2. The van der Waals surface area contributed by atoms with Crippen LogP contribution >= 0.6 is 0 Å². The normalized spacial score (nSPS) is 11.8. The van der Waals surface area contributed by atoms with Crippen molar-refractivity contribution in [2.75, 3.05) is 5.32 Å². The van der Waals surface area contributed by atoms with Gasteiger partial charge in [0, 0.05) is 16.6 Å². The standard InChI is InChI=1S/C25H23N5O2/c1-25(2,3)15-5-11-19-21(13-15)28-23(27-19)22-18-10-4-14(12-20(18)29-30-22)24(32)26-16-6-8-17(31)9-7-16/h4-13,31H,1-3H3,(H,26,32)(H,27,28)(H,29,30). The third kappa shape index (κ3) is 3.58. The lowest BCUT2D eigenvalue weighted by Gasteiger charge is -2.18. The zero-order valence-corrected chi connectivity index (χ0v) is 18.0. The summed E-state index contributed by atoms with van der Waals surface area (Å²) in [6.45, 7) is 6.55. The zero-order valence-electron chi connectivity index (χ0n) is 18.0. The number of nitrogens with one attached hydrogen (secondary N) is 3. The molecule has 1 amide bonds. The largest absolute Gasteiger partial charge is 0.508 e. The van der Waals surface area contributed by atoms with Gasteiger partial charge in [0.2, 0.25) is 0 Å². The van der Waals surface area contributed by atoms with Gasteiger partial charge in [-0.15, -0.1) is 0 Å². The van der Waals surface area contributed by atoms with Crippen LogP contribution in [0.4, 0.5) is 5.69 Å². The Morgan fingerprint density at radius 3 is 2.50 bits per heavy atom. The number of carbonyl (C=O) groups excluding carboxylic acids is 1. The highest BCUT2D eigenvalue weighted by Gasteiger charge is 2.17. The average Bonchev–Trinajstić information content (AvgIpc) is 3.37. The molecule has 0 atom stereocenters. The maximum atomic E-state index is 12.6. The predicted molar refractivity (Wildman–Crippen MR) is 126 cm³/mol. The minimum absolute atomic E-state index is 0.0512. The van der Waals surface area contributed by atoms with E-state index >= 15 is 0 Å². The van der Waals surface area contributed by atoms with E-state index < -0.39 is 0 Å². The zero-order chi connectivity index (χ0) is 22.5. The van der Waals surface area contributed by atoms with Crippen LogP contribution in [0.2, 0.25) is 0 Å². The first-order valence-electron chi connectivity index (χ1n) is 10.4. The van der Waals surface area contributed by atoms with Crippen molar-refractivity contribution in [3.05, 3.63) is 71.8 Å². The van der Waals surface area contributed by atoms with Gasteiger partial charge in [0.1, 0.15) is 11.4 Å². The number of fused-ring (bicyclic) bond motifs is 2. The second-order valence-electron chi connectivity index (χ2n) is 8.90. The Bertz CT molecular complexity index is 1460. The smallest absolute Gasteiger partial charge is 0.255 e. The fourth-order valence-electron chi connectivity index (χ4n) is 3.68. The Morgan fingerprint density at radius 2 is 1.75 bits per heavy atom. The summed E-state index contributed by atoms with van der Waals surface area (Å²) < 4.78 is 0. The van der Waals surface area contributed by atoms with Gasteiger partial charge in [-0.25, -0.2) is 4.98 Å². The van der Waals surface area contributed by atoms with Gasteiger partial charge in [-0.05, 0) is 65.6 Å². The number of aromatic hydroxyl groups is 1. The maximum absolute atomic E-state index is 12.6. The summed E-state index contributed by atoms with van der Waals surface area (Å²) >= 11 is 0. The van der Waals surface area contributed by atoms with Crippen molar-refractivity contribution in [1.82, 2.24) is 20.2 Å². The third-order valence-electron chi connectivity index (χ3n) is 5.52. The first-order chi connectivity index (χ1) is 15.3. The van der Waals surface area contributed by atoms with Crippen molar-refractivity contribution in [3.8, 4) is 17.3 Å². The second-order valence-corrected chi connectivity index (χ2v) is 8.90. The molecule has 0 spiro atoms. The highest BCUT2D eigenvalue weighted by molar-refractivity contribution is 6.07. The number of rotatable bonds is 3. The maximum Gasteiger partial charge on any atom is 0.255 e. The summed E-state index contributed by atoms with van der Waals surface area (Å²) in [7, 11) is 0. The summed E-state index contributed by atoms with van der Waals surface area (Å²) in [6, 6.07) is 18.0. The fourth-order valence-corrected chi connectivity index (χ4v) is 3.68. The topological polar surface area (TPSA) is 107 Å². The summed E-state index contributed by atoms with van der Waals surface area (Å²) in [6.07, 6.45) is 0. The molecule has 0 radical (unpaired) electrons. The SMILES string of the molecule is CC(C)(C)c1ccc2nc(-c3n[nH]c4cc(C(=O)Nc5ccc(O)cc5)ccc34)[nH]c2c1. The van der Waals surface area contributed by atoms with E-state index in [9.17, 15) is 9.90 Å². The molecule has 0 aliphatic carbocycles. The Labute approximate surface area is 184 Å². The quantitative estimate of drug-likeness (QED) is 0.292. The molecule has 0 saturated carbocycles. The minimum atomic E-state index is -0.243. The minimum Gasteiger partial charge on any atom is -0.508 e. The van der Waals surface area contributed by atoms with Gasteiger partial charge in [-0.2, -0.15) is 5.10 Å². The summed E-state index contributed by atoms with van der Waals surface area (Å²) in [5.41, 5.74) is 5.69. The first kappa shape index (κ1) is 19.8. The van der Waals surface area contributed by atoms with E-state index in [0.29, 0.717) is 22.8 Å². The second kappa shape index (κ2) is 7.23. The molecule has 3 aromatic carbocycles. The van der Waals surface area contributed by atoms with Gasteiger partial charge in [-0.3, -0.25) is 9.89 Å². The van der Waals surface area contributed by atoms with E-state index in [1.54, 1.807) is 24.3 Å². The van der Waals surface area contributed by atoms with E-state index in [-0.39, 0.29) is 17.1 Å². The van der Waals surface area contributed by atoms with Crippen LogP contribution in [0.25, 0.3) is 33.5 Å². The van der Waals surface area contributed by atoms with Crippen LogP contribution in [0, 0.1) is 0 Å². The molecule has 2 heterocycles. The van der Waals surface area contributed by atoms with E-state index in [0.717, 1.165) is 21.9 Å². The van der Waals surface area contributed by atoms with Crippen LogP contribution < -0.4 is 5.32 Å². The number of phenols is 1. The van der Waals surface area contributed by atoms with Crippen LogP contribution in [0.1, 0.15) is 36.7 Å². The van der Waals surface area contributed by atoms with Crippen LogP contribution in [0.5, 0.6) is 5.75 Å². The number of hydrogen-bond acceptors (Lipinski definition) is 4. The number of benzene rings is 3. The Balaban J connectivity index is 1.46. The number of anilines is 1. The van der Waals surface area contributed by atoms with Crippen LogP contribution in [-0.2, 0) is 5.41 Å². The number of phenolic OH excluding ortho intramolecular Hbond substituents is 1. The lowest BCUT2D eigenvalue weighted by molar-refractivity contribution is 0.102. The Kier molecular flexibility index (Phi) is 4.48. The summed E-state index contributed by atoms with van der Waals surface area (Å²) in [4.78, 5) is 20.7. The highest BCUT2D eigenvalue weighted by atomic mass is 16.3. The van der Waals surface area contributed by atoms with Crippen molar-refractivity contribution in [2.45, 2.75) is 26.2 Å². The van der Waals surface area contributed by atoms with Gasteiger partial charge in [0.25, 0.3) is 5.91 Å². The number of H-pyrrole nitrogens is 2. The van der Waals surface area contributed by atoms with E-state index in [1.807, 2.05) is 12.1 Å². The molecular weight excluding hydrogens is 402 g/mol. The van der Waals surface area contributed by atoms with E-state index in [1.165, 1.54) is 17.7 Å². The molecule has 2 aromatic heterocycles. The third-order valence-corrected chi connectivity index (χ3v) is 5.52. The molecule has 5 rings (SSSR count). The Hall–Kier alpha value is -4.13. The molecule has 0 unspecified atom stereocenters. The molecule has 0 bridgehead atoms. The predicted octanol–water partition coefficient (Wildman–Crippen LogP) is 5.36. The number of nitrogens with zero attached hydrogens (tertiary/aromatic N) is 2. The fraction of sp³-hybridized carbons (Fsp3) is 0.160. The molecule has 7 heteroatoms. The number of carbonyl (C=O) groups is 1. The van der Waals surface area contributed by atoms with Gasteiger partial charge in [0.05, 0.1) is 16.6 Å². The number of aromatic nitrogens is 4. The van der Waals surface area contributed by atoms with Gasteiger partial charge in [0.15, 0.2) is 5.82 Å². The van der Waals surface area contributed by atoms with Crippen molar-refractivity contribution < 1.29 is 9.90 Å². The first-order valence-corrected chi connectivity index (χ1v) is 10.4. The molecule has 0 fully saturated rings. The average molecular weight is 425 g/mol.